The molecule has 1 aliphatic rings. The van der Waals surface area contributed by atoms with Gasteiger partial charge in [0, 0.05) is 17.6 Å². The predicted octanol–water partition coefficient (Wildman–Crippen LogP) is 2.70. The van der Waals surface area contributed by atoms with E-state index >= 15 is 0 Å². The minimum absolute atomic E-state index is 0.0320. The van der Waals surface area contributed by atoms with E-state index in [0.29, 0.717) is 23.5 Å². The number of nitrogens with one attached hydrogen (secondary N) is 2. The largest absolute Gasteiger partial charge is 0.478 e. The Morgan fingerprint density at radius 2 is 2.14 bits per heavy atom. The van der Waals surface area contributed by atoms with Crippen molar-refractivity contribution in [1.29, 1.82) is 0 Å². The van der Waals surface area contributed by atoms with Crippen molar-refractivity contribution in [2.75, 3.05) is 25.1 Å². The highest BCUT2D eigenvalue weighted by molar-refractivity contribution is 9.10. The second-order valence-corrected chi connectivity index (χ2v) is 5.81. The van der Waals surface area contributed by atoms with Crippen molar-refractivity contribution < 1.29 is 19.4 Å². The summed E-state index contributed by atoms with van der Waals surface area (Å²) in [6.07, 6.45) is 2.46. The number of urea groups is 1. The fourth-order valence-corrected chi connectivity index (χ4v) is 2.10. The van der Waals surface area contributed by atoms with Crippen molar-refractivity contribution in [1.82, 2.24) is 5.32 Å². The standard InChI is InChI=1S/C14H17BrN2O4/c15-10-3-4-12(11(7-10)13(18)19)17-14(20)16-5-6-21-8-9-1-2-9/h3-4,7,9H,1-2,5-6,8H2,(H,18,19)(H2,16,17,20). The third-order valence-electron chi connectivity index (χ3n) is 3.04. The number of hydrogen-bond donors (Lipinski definition) is 3. The molecule has 0 unspecified atom stereocenters. The molecule has 0 spiro atoms. The molecular formula is C14H17BrN2O4. The molecule has 21 heavy (non-hydrogen) atoms. The number of ether oxygens (including phenoxy) is 1. The smallest absolute Gasteiger partial charge is 0.337 e. The van der Waals surface area contributed by atoms with Gasteiger partial charge in [0.1, 0.15) is 0 Å². The summed E-state index contributed by atoms with van der Waals surface area (Å²) in [5.74, 6) is -0.404. The van der Waals surface area contributed by atoms with Gasteiger partial charge in [-0.3, -0.25) is 0 Å². The molecule has 1 saturated carbocycles. The van der Waals surface area contributed by atoms with Crippen molar-refractivity contribution in [2.24, 2.45) is 5.92 Å². The zero-order valence-corrected chi connectivity index (χ0v) is 13.0. The molecule has 2 rings (SSSR count). The number of carboxylic acids is 1. The Kier molecular flexibility index (Phi) is 5.58. The molecule has 2 amide bonds. The van der Waals surface area contributed by atoms with Gasteiger partial charge in [-0.15, -0.1) is 0 Å². The molecule has 114 valence electrons. The molecule has 0 saturated heterocycles. The van der Waals surface area contributed by atoms with Gasteiger partial charge in [-0.25, -0.2) is 9.59 Å². The Morgan fingerprint density at radius 1 is 1.38 bits per heavy atom. The highest BCUT2D eigenvalue weighted by atomic mass is 79.9. The SMILES string of the molecule is O=C(NCCOCC1CC1)Nc1ccc(Br)cc1C(=O)O. The number of benzene rings is 1. The van der Waals surface area contributed by atoms with Crippen molar-refractivity contribution in [3.8, 4) is 0 Å². The minimum Gasteiger partial charge on any atom is -0.478 e. The topological polar surface area (TPSA) is 87.7 Å². The van der Waals surface area contributed by atoms with Crippen LogP contribution in [0.15, 0.2) is 22.7 Å². The fourth-order valence-electron chi connectivity index (χ4n) is 1.74. The van der Waals surface area contributed by atoms with Crippen LogP contribution in [0, 0.1) is 5.92 Å². The first-order chi connectivity index (χ1) is 10.1. The van der Waals surface area contributed by atoms with Gasteiger partial charge in [-0.2, -0.15) is 0 Å². The van der Waals surface area contributed by atoms with Crippen LogP contribution in [-0.2, 0) is 4.74 Å². The number of carboxylic acid groups (broad SMARTS) is 1. The number of aromatic carboxylic acids is 1. The van der Waals surface area contributed by atoms with Gasteiger partial charge >= 0.3 is 12.0 Å². The lowest BCUT2D eigenvalue weighted by molar-refractivity contribution is 0.0698. The molecule has 0 bridgehead atoms. The van der Waals surface area contributed by atoms with Crippen LogP contribution in [0.25, 0.3) is 0 Å². The third-order valence-corrected chi connectivity index (χ3v) is 3.54. The maximum atomic E-state index is 11.7. The van der Waals surface area contributed by atoms with E-state index in [1.54, 1.807) is 6.07 Å². The van der Waals surface area contributed by atoms with E-state index in [4.69, 9.17) is 9.84 Å². The van der Waals surface area contributed by atoms with Crippen molar-refractivity contribution in [3.63, 3.8) is 0 Å². The average molecular weight is 357 g/mol. The lowest BCUT2D eigenvalue weighted by atomic mass is 10.2. The van der Waals surface area contributed by atoms with E-state index in [-0.39, 0.29) is 11.3 Å². The molecule has 1 aliphatic carbocycles. The molecule has 0 heterocycles. The molecular weight excluding hydrogens is 340 g/mol. The highest BCUT2D eigenvalue weighted by Crippen LogP contribution is 2.28. The van der Waals surface area contributed by atoms with Crippen LogP contribution >= 0.6 is 15.9 Å². The lowest BCUT2D eigenvalue weighted by Crippen LogP contribution is -2.32. The molecule has 3 N–H and O–H groups in total. The maximum Gasteiger partial charge on any atom is 0.337 e. The third kappa shape index (κ3) is 5.35. The quantitative estimate of drug-likeness (QED) is 0.655. The molecule has 7 heteroatoms. The van der Waals surface area contributed by atoms with Crippen LogP contribution in [0.1, 0.15) is 23.2 Å². The van der Waals surface area contributed by atoms with Gasteiger partial charge in [0.25, 0.3) is 0 Å². The molecule has 1 fully saturated rings. The molecule has 0 aromatic heterocycles. The summed E-state index contributed by atoms with van der Waals surface area (Å²) in [6.45, 7) is 1.59. The zero-order chi connectivity index (χ0) is 15.2. The summed E-state index contributed by atoms with van der Waals surface area (Å²) in [5, 5.41) is 14.2. The Morgan fingerprint density at radius 3 is 2.81 bits per heavy atom. The van der Waals surface area contributed by atoms with Crippen LogP contribution < -0.4 is 10.6 Å². The van der Waals surface area contributed by atoms with Gasteiger partial charge in [-0.1, -0.05) is 15.9 Å². The zero-order valence-electron chi connectivity index (χ0n) is 11.4. The molecule has 6 nitrogen and oxygen atoms in total. The van der Waals surface area contributed by atoms with Crippen molar-refractivity contribution in [2.45, 2.75) is 12.8 Å². The van der Waals surface area contributed by atoms with Crippen LogP contribution in [0.3, 0.4) is 0 Å². The lowest BCUT2D eigenvalue weighted by Gasteiger charge is -2.10. The highest BCUT2D eigenvalue weighted by Gasteiger charge is 2.20. The Balaban J connectivity index is 1.77. The first-order valence-corrected chi connectivity index (χ1v) is 7.51. The number of anilines is 1. The van der Waals surface area contributed by atoms with Crippen LogP contribution in [0.2, 0.25) is 0 Å². The Bertz CT molecular complexity index is 532. The number of hydrogen-bond acceptors (Lipinski definition) is 3. The first kappa shape index (κ1) is 15.8. The first-order valence-electron chi connectivity index (χ1n) is 6.71. The second-order valence-electron chi connectivity index (χ2n) is 4.89. The number of halogens is 1. The molecule has 0 radical (unpaired) electrons. The number of carbonyl (C=O) groups excluding carboxylic acids is 1. The normalized spacial score (nSPS) is 13.8. The summed E-state index contributed by atoms with van der Waals surface area (Å²) in [5.41, 5.74) is 0.284. The Hall–Kier alpha value is -1.60. The van der Waals surface area contributed by atoms with E-state index in [2.05, 4.69) is 26.6 Å². The van der Waals surface area contributed by atoms with Crippen LogP contribution in [-0.4, -0.2) is 36.9 Å². The summed E-state index contributed by atoms with van der Waals surface area (Å²) in [7, 11) is 0. The van der Waals surface area contributed by atoms with Gasteiger partial charge in [0.15, 0.2) is 0 Å². The van der Waals surface area contributed by atoms with Crippen LogP contribution in [0.5, 0.6) is 0 Å². The monoisotopic (exact) mass is 356 g/mol. The van der Waals surface area contributed by atoms with E-state index in [0.717, 1.165) is 6.61 Å². The summed E-state index contributed by atoms with van der Waals surface area (Å²) < 4.78 is 6.03. The minimum atomic E-state index is -1.10. The second kappa shape index (κ2) is 7.42. The summed E-state index contributed by atoms with van der Waals surface area (Å²) in [6, 6.07) is 4.20. The van der Waals surface area contributed by atoms with Gasteiger partial charge in [0.2, 0.25) is 0 Å². The number of rotatable bonds is 7. The fraction of sp³-hybridized carbons (Fsp3) is 0.429. The van der Waals surface area contributed by atoms with E-state index in [9.17, 15) is 9.59 Å². The predicted molar refractivity (Wildman–Crippen MR) is 81.7 cm³/mol. The Labute approximate surface area is 131 Å². The van der Waals surface area contributed by atoms with Gasteiger partial charge in [-0.05, 0) is 37.0 Å². The summed E-state index contributed by atoms with van der Waals surface area (Å²) >= 11 is 3.20. The van der Waals surface area contributed by atoms with E-state index in [1.165, 1.54) is 25.0 Å². The molecule has 0 atom stereocenters. The van der Waals surface area contributed by atoms with Crippen molar-refractivity contribution in [3.05, 3.63) is 28.2 Å². The molecule has 1 aromatic carbocycles. The van der Waals surface area contributed by atoms with E-state index < -0.39 is 12.0 Å². The van der Waals surface area contributed by atoms with Gasteiger partial charge in [0.05, 0.1) is 17.9 Å². The molecule has 0 aliphatic heterocycles. The maximum absolute atomic E-state index is 11.7. The average Bonchev–Trinajstić information content (AvgIpc) is 3.24. The number of amides is 2. The summed E-state index contributed by atoms with van der Waals surface area (Å²) in [4.78, 5) is 22.8. The van der Waals surface area contributed by atoms with Crippen molar-refractivity contribution >= 4 is 33.6 Å². The van der Waals surface area contributed by atoms with Crippen LogP contribution in [0.4, 0.5) is 10.5 Å². The number of carbonyl (C=O) groups is 2. The molecule has 1 aromatic rings. The van der Waals surface area contributed by atoms with E-state index in [1.807, 2.05) is 0 Å². The van der Waals surface area contributed by atoms with Gasteiger partial charge < -0.3 is 20.5 Å².